The number of aromatic nitrogens is 1. The lowest BCUT2D eigenvalue weighted by atomic mass is 9.89. The standard InChI is InChI=1S/C28H30FN3O2/c1-19-12-22-4-2-21(14-26(22)30-15-19)20-3-5-23(25(29)13-20)16-31-10-8-28(9-11-31)18-32(24-6-7-24)27(33)17-34-28/h2-5,12-15,24H,6-11,16-18H2,1H3. The van der Waals surface area contributed by atoms with Crippen LogP contribution >= 0.6 is 0 Å². The summed E-state index contributed by atoms with van der Waals surface area (Å²) in [5.74, 6) is -0.0378. The van der Waals surface area contributed by atoms with E-state index in [4.69, 9.17) is 4.74 Å². The van der Waals surface area contributed by atoms with Gasteiger partial charge in [-0.3, -0.25) is 14.7 Å². The summed E-state index contributed by atoms with van der Waals surface area (Å²) in [5, 5.41) is 1.09. The van der Waals surface area contributed by atoms with Crippen molar-refractivity contribution in [3.8, 4) is 11.1 Å². The van der Waals surface area contributed by atoms with Crippen LogP contribution in [0.25, 0.3) is 22.0 Å². The molecule has 1 spiro atoms. The quantitative estimate of drug-likeness (QED) is 0.567. The van der Waals surface area contributed by atoms with E-state index < -0.39 is 0 Å². The van der Waals surface area contributed by atoms with Gasteiger partial charge in [0.15, 0.2) is 0 Å². The fraction of sp³-hybridized carbons (Fsp3) is 0.429. The highest BCUT2D eigenvalue weighted by atomic mass is 19.1. The molecule has 1 saturated carbocycles. The minimum absolute atomic E-state index is 0.134. The van der Waals surface area contributed by atoms with Gasteiger partial charge in [-0.15, -0.1) is 0 Å². The van der Waals surface area contributed by atoms with Crippen molar-refractivity contribution in [3.05, 3.63) is 65.6 Å². The number of carbonyl (C=O) groups is 1. The Hall–Kier alpha value is -2.83. The monoisotopic (exact) mass is 459 g/mol. The first-order chi connectivity index (χ1) is 16.5. The minimum Gasteiger partial charge on any atom is -0.363 e. The molecule has 3 fully saturated rings. The van der Waals surface area contributed by atoms with Crippen LogP contribution in [0.2, 0.25) is 0 Å². The summed E-state index contributed by atoms with van der Waals surface area (Å²) >= 11 is 0. The summed E-state index contributed by atoms with van der Waals surface area (Å²) < 4.78 is 21.1. The molecule has 6 heteroatoms. The van der Waals surface area contributed by atoms with Crippen LogP contribution in [0.4, 0.5) is 4.39 Å². The Labute approximate surface area is 199 Å². The van der Waals surface area contributed by atoms with Crippen LogP contribution in [-0.4, -0.2) is 58.6 Å². The summed E-state index contributed by atoms with van der Waals surface area (Å²) in [6.07, 6.45) is 5.87. The maximum absolute atomic E-state index is 15.1. The fourth-order valence-corrected chi connectivity index (χ4v) is 5.39. The predicted molar refractivity (Wildman–Crippen MR) is 130 cm³/mol. The second kappa shape index (κ2) is 8.43. The molecule has 1 amide bonds. The third kappa shape index (κ3) is 4.21. The van der Waals surface area contributed by atoms with Gasteiger partial charge >= 0.3 is 0 Å². The van der Waals surface area contributed by atoms with Crippen molar-refractivity contribution in [1.82, 2.24) is 14.8 Å². The van der Waals surface area contributed by atoms with Crippen molar-refractivity contribution < 1.29 is 13.9 Å². The van der Waals surface area contributed by atoms with Crippen molar-refractivity contribution in [2.45, 2.75) is 50.8 Å². The number of nitrogens with zero attached hydrogens (tertiary/aromatic N) is 3. The van der Waals surface area contributed by atoms with Gasteiger partial charge in [0.1, 0.15) is 12.4 Å². The molecule has 34 heavy (non-hydrogen) atoms. The van der Waals surface area contributed by atoms with E-state index in [1.165, 1.54) is 0 Å². The number of halogens is 1. The van der Waals surface area contributed by atoms with E-state index >= 15 is 4.39 Å². The smallest absolute Gasteiger partial charge is 0.248 e. The number of rotatable bonds is 4. The number of benzene rings is 2. The van der Waals surface area contributed by atoms with Gasteiger partial charge < -0.3 is 9.64 Å². The Balaban J connectivity index is 1.12. The number of aryl methyl sites for hydroxylation is 1. The number of carbonyl (C=O) groups excluding carboxylic acids is 1. The van der Waals surface area contributed by atoms with E-state index in [9.17, 15) is 4.79 Å². The lowest BCUT2D eigenvalue weighted by molar-refractivity contribution is -0.172. The fourth-order valence-electron chi connectivity index (χ4n) is 5.39. The van der Waals surface area contributed by atoms with Crippen LogP contribution in [-0.2, 0) is 16.1 Å². The van der Waals surface area contributed by atoms with Crippen LogP contribution < -0.4 is 0 Å². The molecule has 0 unspecified atom stereocenters. The normalized spacial score (nSPS) is 20.9. The van der Waals surface area contributed by atoms with Crippen LogP contribution in [0, 0.1) is 12.7 Å². The zero-order chi connectivity index (χ0) is 23.3. The Morgan fingerprint density at radius 1 is 1.09 bits per heavy atom. The minimum atomic E-state index is -0.224. The van der Waals surface area contributed by atoms with Crippen LogP contribution in [0.1, 0.15) is 36.8 Å². The summed E-state index contributed by atoms with van der Waals surface area (Å²) in [6.45, 7) is 5.24. The van der Waals surface area contributed by atoms with Crippen molar-refractivity contribution in [3.63, 3.8) is 0 Å². The third-order valence-corrected chi connectivity index (χ3v) is 7.64. The third-order valence-electron chi connectivity index (χ3n) is 7.64. The van der Waals surface area contributed by atoms with Crippen molar-refractivity contribution in [2.24, 2.45) is 0 Å². The zero-order valence-corrected chi connectivity index (χ0v) is 19.6. The molecule has 0 atom stereocenters. The predicted octanol–water partition coefficient (Wildman–Crippen LogP) is 4.71. The van der Waals surface area contributed by atoms with Gasteiger partial charge in [-0.05, 0) is 67.5 Å². The molecule has 0 radical (unpaired) electrons. The second-order valence-electron chi connectivity index (χ2n) is 10.2. The van der Waals surface area contributed by atoms with Crippen LogP contribution in [0.3, 0.4) is 0 Å². The molecule has 3 aliphatic rings. The lowest BCUT2D eigenvalue weighted by Crippen LogP contribution is -2.59. The van der Waals surface area contributed by atoms with E-state index in [1.54, 1.807) is 6.07 Å². The van der Waals surface area contributed by atoms with Gasteiger partial charge in [-0.25, -0.2) is 4.39 Å². The average molecular weight is 460 g/mol. The molecule has 3 heterocycles. The SMILES string of the molecule is Cc1cnc2cc(-c3ccc(CN4CCC5(CC4)CN(C4CC4)C(=O)CO5)c(F)c3)ccc2c1. The number of ether oxygens (including phenoxy) is 1. The molecule has 3 aromatic rings. The number of morpholine rings is 1. The summed E-state index contributed by atoms with van der Waals surface area (Å²) in [7, 11) is 0. The molecule has 1 aromatic heterocycles. The Morgan fingerprint density at radius 3 is 2.62 bits per heavy atom. The maximum atomic E-state index is 15.1. The van der Waals surface area contributed by atoms with E-state index in [1.807, 2.05) is 48.4 Å². The highest BCUT2D eigenvalue weighted by Gasteiger charge is 2.46. The average Bonchev–Trinajstić information content (AvgIpc) is 3.69. The van der Waals surface area contributed by atoms with Crippen molar-refractivity contribution in [1.29, 1.82) is 0 Å². The Kier molecular flexibility index (Phi) is 5.38. The van der Waals surface area contributed by atoms with Crippen LogP contribution in [0.5, 0.6) is 0 Å². The molecular formula is C28H30FN3O2. The highest BCUT2D eigenvalue weighted by molar-refractivity contribution is 5.84. The molecule has 2 aromatic carbocycles. The van der Waals surface area contributed by atoms with Gasteiger partial charge in [0.2, 0.25) is 5.91 Å². The van der Waals surface area contributed by atoms with Crippen molar-refractivity contribution in [2.75, 3.05) is 26.2 Å². The number of hydrogen-bond donors (Lipinski definition) is 0. The number of piperidine rings is 1. The molecule has 176 valence electrons. The summed E-state index contributed by atoms with van der Waals surface area (Å²) in [6, 6.07) is 14.2. The number of likely N-dealkylation sites (tertiary alicyclic amines) is 1. The zero-order valence-electron chi connectivity index (χ0n) is 19.6. The molecule has 2 saturated heterocycles. The summed E-state index contributed by atoms with van der Waals surface area (Å²) in [4.78, 5) is 21.0. The molecule has 0 N–H and O–H groups in total. The molecule has 1 aliphatic carbocycles. The lowest BCUT2D eigenvalue weighted by Gasteiger charge is -2.47. The number of fused-ring (bicyclic) bond motifs is 1. The molecular weight excluding hydrogens is 429 g/mol. The van der Waals surface area contributed by atoms with Crippen molar-refractivity contribution >= 4 is 16.8 Å². The van der Waals surface area contributed by atoms with Gasteiger partial charge in [0.25, 0.3) is 0 Å². The number of pyridine rings is 1. The van der Waals surface area contributed by atoms with Gasteiger partial charge in [0.05, 0.1) is 17.7 Å². The molecule has 2 aliphatic heterocycles. The van der Waals surface area contributed by atoms with E-state index in [0.29, 0.717) is 24.7 Å². The van der Waals surface area contributed by atoms with Gasteiger partial charge in [-0.1, -0.05) is 24.3 Å². The Morgan fingerprint density at radius 2 is 1.85 bits per heavy atom. The molecule has 0 bridgehead atoms. The van der Waals surface area contributed by atoms with Gasteiger partial charge in [-0.2, -0.15) is 0 Å². The maximum Gasteiger partial charge on any atom is 0.248 e. The number of hydrogen-bond acceptors (Lipinski definition) is 4. The Bertz CT molecular complexity index is 1250. The van der Waals surface area contributed by atoms with E-state index in [0.717, 1.165) is 66.4 Å². The van der Waals surface area contributed by atoms with E-state index in [2.05, 4.69) is 16.0 Å². The van der Waals surface area contributed by atoms with E-state index in [-0.39, 0.29) is 23.9 Å². The topological polar surface area (TPSA) is 45.7 Å². The molecule has 6 rings (SSSR count). The van der Waals surface area contributed by atoms with Gasteiger partial charge in [0, 0.05) is 42.8 Å². The highest BCUT2D eigenvalue weighted by Crippen LogP contribution is 2.36. The first-order valence-electron chi connectivity index (χ1n) is 12.3. The second-order valence-corrected chi connectivity index (χ2v) is 10.2. The first-order valence-corrected chi connectivity index (χ1v) is 12.3. The molecule has 5 nitrogen and oxygen atoms in total. The first kappa shape index (κ1) is 21.7. The number of amides is 1. The largest absolute Gasteiger partial charge is 0.363 e. The summed E-state index contributed by atoms with van der Waals surface area (Å²) in [5.41, 5.74) is 4.37. The van der Waals surface area contributed by atoms with Crippen LogP contribution in [0.15, 0.2) is 48.7 Å².